The van der Waals surface area contributed by atoms with E-state index >= 15 is 0 Å². The summed E-state index contributed by atoms with van der Waals surface area (Å²) < 4.78 is 15.7. The molecular formula is C22H26N4O8. The SMILES string of the molecule is O=C(COC(=O)CCN1C(=O)NC2(CCCCC2)C1=O)NC(=O)Nc1ccc2c(c1)OCCO2. The number of esters is 1. The van der Waals surface area contributed by atoms with E-state index in [1.807, 2.05) is 5.32 Å². The molecule has 0 bridgehead atoms. The van der Waals surface area contributed by atoms with Crippen LogP contribution in [0, 0.1) is 0 Å². The molecule has 1 aliphatic carbocycles. The zero-order valence-corrected chi connectivity index (χ0v) is 18.5. The van der Waals surface area contributed by atoms with E-state index in [-0.39, 0.29) is 18.9 Å². The van der Waals surface area contributed by atoms with Crippen LogP contribution in [0.5, 0.6) is 11.5 Å². The molecule has 0 aromatic heterocycles. The Morgan fingerprint density at radius 2 is 1.79 bits per heavy atom. The number of nitrogens with one attached hydrogen (secondary N) is 3. The number of hydrogen-bond acceptors (Lipinski definition) is 8. The van der Waals surface area contributed by atoms with Crippen LogP contribution in [0.2, 0.25) is 0 Å². The van der Waals surface area contributed by atoms with Crippen LogP contribution >= 0.6 is 0 Å². The number of ether oxygens (including phenoxy) is 3. The lowest BCUT2D eigenvalue weighted by Gasteiger charge is -2.30. The fourth-order valence-electron chi connectivity index (χ4n) is 4.24. The number of fused-ring (bicyclic) bond motifs is 1. The minimum atomic E-state index is -0.857. The fourth-order valence-corrected chi connectivity index (χ4v) is 4.24. The molecule has 34 heavy (non-hydrogen) atoms. The Hall–Kier alpha value is -3.83. The average molecular weight is 474 g/mol. The summed E-state index contributed by atoms with van der Waals surface area (Å²) in [6.45, 7) is 0.00864. The van der Waals surface area contributed by atoms with Crippen molar-refractivity contribution in [3.63, 3.8) is 0 Å². The quantitative estimate of drug-likeness (QED) is 0.412. The number of hydrogen-bond donors (Lipinski definition) is 3. The second kappa shape index (κ2) is 9.98. The highest BCUT2D eigenvalue weighted by molar-refractivity contribution is 6.07. The van der Waals surface area contributed by atoms with Gasteiger partial charge in [-0.1, -0.05) is 19.3 Å². The molecule has 6 amide bonds. The predicted molar refractivity (Wildman–Crippen MR) is 116 cm³/mol. The minimum Gasteiger partial charge on any atom is -0.486 e. The number of carbonyl (C=O) groups is 5. The van der Waals surface area contributed by atoms with Crippen molar-refractivity contribution in [2.24, 2.45) is 0 Å². The topological polar surface area (TPSA) is 152 Å². The summed E-state index contributed by atoms with van der Waals surface area (Å²) in [5.41, 5.74) is -0.472. The number of imide groups is 2. The van der Waals surface area contributed by atoms with Gasteiger partial charge in [0.2, 0.25) is 0 Å². The first-order valence-corrected chi connectivity index (χ1v) is 11.2. The van der Waals surface area contributed by atoms with E-state index in [1.165, 1.54) is 0 Å². The van der Waals surface area contributed by atoms with Crippen LogP contribution in [0.1, 0.15) is 38.5 Å². The molecule has 3 aliphatic rings. The fraction of sp³-hybridized carbons (Fsp3) is 0.500. The number of benzene rings is 1. The van der Waals surface area contributed by atoms with Gasteiger partial charge in [-0.25, -0.2) is 9.59 Å². The summed E-state index contributed by atoms with van der Waals surface area (Å²) >= 11 is 0. The van der Waals surface area contributed by atoms with Gasteiger partial charge in [-0.3, -0.25) is 24.6 Å². The number of urea groups is 2. The van der Waals surface area contributed by atoms with Crippen LogP contribution in [-0.4, -0.2) is 66.7 Å². The standard InChI is InChI=1S/C22H26N4O8/c27-17(24-20(30)23-14-4-5-15-16(12-14)33-11-10-32-15)13-34-18(28)6-9-26-19(29)22(25-21(26)31)7-2-1-3-8-22/h4-5,12H,1-3,6-11,13H2,(H,25,31)(H2,23,24,27,30). The molecule has 0 atom stereocenters. The minimum absolute atomic E-state index is 0.141. The van der Waals surface area contributed by atoms with Gasteiger partial charge in [0.05, 0.1) is 6.42 Å². The van der Waals surface area contributed by atoms with Crippen LogP contribution in [0.4, 0.5) is 15.3 Å². The van der Waals surface area contributed by atoms with Gasteiger partial charge in [-0.2, -0.15) is 0 Å². The molecular weight excluding hydrogens is 448 g/mol. The van der Waals surface area contributed by atoms with Gasteiger partial charge >= 0.3 is 18.0 Å². The first-order chi connectivity index (χ1) is 16.4. The molecule has 3 N–H and O–H groups in total. The number of amides is 6. The van der Waals surface area contributed by atoms with Crippen molar-refractivity contribution in [2.45, 2.75) is 44.1 Å². The Bertz CT molecular complexity index is 1000. The van der Waals surface area contributed by atoms with Crippen molar-refractivity contribution < 1.29 is 38.2 Å². The summed E-state index contributed by atoms with van der Waals surface area (Å²) in [6.07, 6.45) is 3.67. The van der Waals surface area contributed by atoms with Gasteiger partial charge in [0, 0.05) is 18.3 Å². The molecule has 1 aromatic carbocycles. The molecule has 1 saturated carbocycles. The lowest BCUT2D eigenvalue weighted by molar-refractivity contribution is -0.148. The van der Waals surface area contributed by atoms with E-state index in [9.17, 15) is 24.0 Å². The lowest BCUT2D eigenvalue weighted by atomic mass is 9.82. The normalized spacial score (nSPS) is 18.3. The number of carbonyl (C=O) groups excluding carboxylic acids is 5. The predicted octanol–water partition coefficient (Wildman–Crippen LogP) is 1.29. The maximum atomic E-state index is 12.7. The molecule has 1 saturated heterocycles. The number of rotatable bonds is 6. The van der Waals surface area contributed by atoms with Crippen molar-refractivity contribution in [3.05, 3.63) is 18.2 Å². The van der Waals surface area contributed by atoms with E-state index in [4.69, 9.17) is 14.2 Å². The van der Waals surface area contributed by atoms with Crippen LogP contribution in [-0.2, 0) is 19.1 Å². The van der Waals surface area contributed by atoms with Gasteiger partial charge in [0.15, 0.2) is 18.1 Å². The van der Waals surface area contributed by atoms with Crippen molar-refractivity contribution in [1.29, 1.82) is 0 Å². The number of nitrogens with zero attached hydrogens (tertiary/aromatic N) is 1. The van der Waals surface area contributed by atoms with E-state index in [0.29, 0.717) is 43.2 Å². The Morgan fingerprint density at radius 3 is 2.56 bits per heavy atom. The Labute approximate surface area is 195 Å². The molecule has 4 rings (SSSR count). The maximum Gasteiger partial charge on any atom is 0.325 e. The zero-order valence-electron chi connectivity index (χ0n) is 18.5. The van der Waals surface area contributed by atoms with Crippen LogP contribution in [0.15, 0.2) is 18.2 Å². The smallest absolute Gasteiger partial charge is 0.325 e. The van der Waals surface area contributed by atoms with Crippen molar-refractivity contribution in [1.82, 2.24) is 15.5 Å². The molecule has 182 valence electrons. The third-order valence-corrected chi connectivity index (χ3v) is 5.91. The highest BCUT2D eigenvalue weighted by Gasteiger charge is 2.51. The molecule has 2 fully saturated rings. The lowest BCUT2D eigenvalue weighted by Crippen LogP contribution is -2.48. The summed E-state index contributed by atoms with van der Waals surface area (Å²) in [7, 11) is 0. The first kappa shape index (κ1) is 23.3. The summed E-state index contributed by atoms with van der Waals surface area (Å²) in [4.78, 5) is 61.9. The molecule has 0 radical (unpaired) electrons. The highest BCUT2D eigenvalue weighted by Crippen LogP contribution is 2.34. The van der Waals surface area contributed by atoms with E-state index in [0.717, 1.165) is 24.2 Å². The van der Waals surface area contributed by atoms with E-state index in [1.54, 1.807) is 18.2 Å². The summed E-state index contributed by atoms with van der Waals surface area (Å²) in [5.74, 6) is -0.892. The Kier molecular flexibility index (Phi) is 6.85. The van der Waals surface area contributed by atoms with Gasteiger partial charge in [-0.15, -0.1) is 0 Å². The first-order valence-electron chi connectivity index (χ1n) is 11.2. The van der Waals surface area contributed by atoms with Gasteiger partial charge in [0.1, 0.15) is 18.8 Å². The molecule has 12 heteroatoms. The molecule has 0 unspecified atom stereocenters. The van der Waals surface area contributed by atoms with Crippen molar-refractivity contribution in [3.8, 4) is 11.5 Å². The third kappa shape index (κ3) is 5.21. The van der Waals surface area contributed by atoms with Crippen LogP contribution < -0.4 is 25.4 Å². The molecule has 2 aliphatic heterocycles. The second-order valence-electron chi connectivity index (χ2n) is 8.30. The van der Waals surface area contributed by atoms with Crippen LogP contribution in [0.3, 0.4) is 0 Å². The van der Waals surface area contributed by atoms with Gasteiger partial charge in [0.25, 0.3) is 11.8 Å². The van der Waals surface area contributed by atoms with E-state index < -0.39 is 36.1 Å². The maximum absolute atomic E-state index is 12.7. The molecule has 1 spiro atoms. The van der Waals surface area contributed by atoms with Gasteiger partial charge < -0.3 is 24.8 Å². The average Bonchev–Trinajstić information content (AvgIpc) is 3.04. The molecule has 1 aromatic rings. The molecule has 12 nitrogen and oxygen atoms in total. The van der Waals surface area contributed by atoms with Crippen LogP contribution in [0.25, 0.3) is 0 Å². The third-order valence-electron chi connectivity index (χ3n) is 5.91. The largest absolute Gasteiger partial charge is 0.486 e. The zero-order chi connectivity index (χ0) is 24.1. The second-order valence-corrected chi connectivity index (χ2v) is 8.30. The monoisotopic (exact) mass is 474 g/mol. The van der Waals surface area contributed by atoms with E-state index in [2.05, 4.69) is 10.6 Å². The van der Waals surface area contributed by atoms with Crippen molar-refractivity contribution >= 4 is 35.5 Å². The van der Waals surface area contributed by atoms with Gasteiger partial charge in [-0.05, 0) is 25.0 Å². The Balaban J connectivity index is 1.17. The molecule has 2 heterocycles. The Morgan fingerprint density at radius 1 is 1.06 bits per heavy atom. The summed E-state index contributed by atoms with van der Waals surface area (Å²) in [5, 5.41) is 7.29. The highest BCUT2D eigenvalue weighted by atomic mass is 16.6. The number of anilines is 1. The van der Waals surface area contributed by atoms with Crippen molar-refractivity contribution in [2.75, 3.05) is 31.7 Å². The summed E-state index contributed by atoms with van der Waals surface area (Å²) in [6, 6.07) is 3.45.